The van der Waals surface area contributed by atoms with Gasteiger partial charge in [0, 0.05) is 13.1 Å². The fraction of sp³-hybridized carbons (Fsp3) is 0.812. The maximum absolute atomic E-state index is 12.5. The van der Waals surface area contributed by atoms with Crippen molar-refractivity contribution < 1.29 is 14.7 Å². The van der Waals surface area contributed by atoms with Crippen LogP contribution in [0.5, 0.6) is 0 Å². The lowest BCUT2D eigenvalue weighted by atomic mass is 9.91. The van der Waals surface area contributed by atoms with E-state index in [-0.39, 0.29) is 17.8 Å². The van der Waals surface area contributed by atoms with E-state index in [1.54, 1.807) is 0 Å². The summed E-state index contributed by atoms with van der Waals surface area (Å²) in [4.78, 5) is 29.2. The Morgan fingerprint density at radius 1 is 1.33 bits per heavy atom. The molecule has 1 fully saturated rings. The number of carbonyl (C=O) groups is 2. The SMILES string of the molecule is CCCCC(CCN=C(N)N)C[C@H](N)C(=O)N1CCC[C@H]1C(=O)O. The molecule has 0 aromatic rings. The van der Waals surface area contributed by atoms with Gasteiger partial charge in [-0.25, -0.2) is 4.79 Å². The number of unbranched alkanes of at least 4 members (excludes halogenated alkanes) is 1. The zero-order valence-electron chi connectivity index (χ0n) is 14.5. The molecule has 0 spiro atoms. The summed E-state index contributed by atoms with van der Waals surface area (Å²) in [6.07, 6.45) is 5.57. The fourth-order valence-electron chi connectivity index (χ4n) is 3.21. The van der Waals surface area contributed by atoms with Gasteiger partial charge in [0.05, 0.1) is 6.04 Å². The molecule has 1 aliphatic heterocycles. The smallest absolute Gasteiger partial charge is 0.326 e. The number of aliphatic imine (C=N–C) groups is 1. The lowest BCUT2D eigenvalue weighted by Crippen LogP contribution is -2.49. The van der Waals surface area contributed by atoms with E-state index >= 15 is 0 Å². The number of nitrogens with two attached hydrogens (primary N) is 3. The largest absolute Gasteiger partial charge is 0.480 e. The predicted molar refractivity (Wildman–Crippen MR) is 93.3 cm³/mol. The molecule has 1 saturated heterocycles. The summed E-state index contributed by atoms with van der Waals surface area (Å²) >= 11 is 0. The summed E-state index contributed by atoms with van der Waals surface area (Å²) in [5, 5.41) is 9.21. The van der Waals surface area contributed by atoms with Crippen molar-refractivity contribution in [3.8, 4) is 0 Å². The lowest BCUT2D eigenvalue weighted by molar-refractivity contribution is -0.148. The van der Waals surface area contributed by atoms with Crippen LogP contribution < -0.4 is 17.2 Å². The van der Waals surface area contributed by atoms with E-state index < -0.39 is 18.1 Å². The van der Waals surface area contributed by atoms with Crippen LogP contribution in [0.3, 0.4) is 0 Å². The second-order valence-electron chi connectivity index (χ2n) is 6.47. The quantitative estimate of drug-likeness (QED) is 0.330. The minimum atomic E-state index is -0.955. The molecule has 1 heterocycles. The number of nitrogens with zero attached hydrogens (tertiary/aromatic N) is 2. The molecule has 1 rings (SSSR count). The van der Waals surface area contributed by atoms with E-state index in [4.69, 9.17) is 17.2 Å². The van der Waals surface area contributed by atoms with Crippen molar-refractivity contribution >= 4 is 17.8 Å². The number of carbonyl (C=O) groups excluding carboxylic acids is 1. The van der Waals surface area contributed by atoms with Crippen LogP contribution in [0.1, 0.15) is 51.9 Å². The molecule has 8 heteroatoms. The van der Waals surface area contributed by atoms with Crippen LogP contribution in [-0.2, 0) is 9.59 Å². The van der Waals surface area contributed by atoms with E-state index in [1.165, 1.54) is 4.90 Å². The molecule has 0 bridgehead atoms. The number of hydrogen-bond donors (Lipinski definition) is 4. The van der Waals surface area contributed by atoms with Gasteiger partial charge in [0.2, 0.25) is 5.91 Å². The van der Waals surface area contributed by atoms with Gasteiger partial charge in [0.15, 0.2) is 5.96 Å². The molecule has 24 heavy (non-hydrogen) atoms. The summed E-state index contributed by atoms with van der Waals surface area (Å²) in [5.74, 6) is -0.907. The van der Waals surface area contributed by atoms with Gasteiger partial charge in [0.1, 0.15) is 6.04 Å². The number of amides is 1. The van der Waals surface area contributed by atoms with Crippen LogP contribution in [0.15, 0.2) is 4.99 Å². The molecular formula is C16H31N5O3. The van der Waals surface area contributed by atoms with Crippen LogP contribution in [0, 0.1) is 5.92 Å². The first-order chi connectivity index (χ1) is 11.4. The highest BCUT2D eigenvalue weighted by Gasteiger charge is 2.36. The Bertz CT molecular complexity index is 451. The number of guanidine groups is 1. The molecule has 1 aliphatic rings. The van der Waals surface area contributed by atoms with Gasteiger partial charge in [-0.05, 0) is 31.6 Å². The van der Waals surface area contributed by atoms with Crippen molar-refractivity contribution in [1.82, 2.24) is 4.90 Å². The monoisotopic (exact) mass is 341 g/mol. The van der Waals surface area contributed by atoms with Crippen molar-refractivity contribution in [1.29, 1.82) is 0 Å². The van der Waals surface area contributed by atoms with E-state index in [9.17, 15) is 14.7 Å². The predicted octanol–water partition coefficient (Wildman–Crippen LogP) is 0.249. The lowest BCUT2D eigenvalue weighted by Gasteiger charge is -2.27. The van der Waals surface area contributed by atoms with Gasteiger partial charge in [-0.15, -0.1) is 0 Å². The van der Waals surface area contributed by atoms with Crippen molar-refractivity contribution in [2.75, 3.05) is 13.1 Å². The molecule has 8 nitrogen and oxygen atoms in total. The maximum atomic E-state index is 12.5. The second kappa shape index (κ2) is 10.1. The molecule has 0 aliphatic carbocycles. The third kappa shape index (κ3) is 6.35. The van der Waals surface area contributed by atoms with Crippen molar-refractivity contribution in [3.63, 3.8) is 0 Å². The highest BCUT2D eigenvalue weighted by atomic mass is 16.4. The first kappa shape index (κ1) is 20.2. The molecular weight excluding hydrogens is 310 g/mol. The summed E-state index contributed by atoms with van der Waals surface area (Å²) in [7, 11) is 0. The molecule has 1 amide bonds. The minimum Gasteiger partial charge on any atom is -0.480 e. The van der Waals surface area contributed by atoms with E-state index in [0.29, 0.717) is 32.4 Å². The van der Waals surface area contributed by atoms with E-state index in [0.717, 1.165) is 25.7 Å². The standard InChI is InChI=1S/C16H31N5O3/c1-2-3-5-11(7-8-20-16(18)19)10-12(17)14(22)21-9-4-6-13(21)15(23)24/h11-13H,2-10,17H2,1H3,(H,23,24)(H4,18,19,20)/t11?,12-,13-/m0/s1. The van der Waals surface area contributed by atoms with E-state index in [1.807, 2.05) is 0 Å². The Morgan fingerprint density at radius 3 is 2.62 bits per heavy atom. The Morgan fingerprint density at radius 2 is 2.04 bits per heavy atom. The topological polar surface area (TPSA) is 148 Å². The summed E-state index contributed by atoms with van der Waals surface area (Å²) < 4.78 is 0. The zero-order valence-corrected chi connectivity index (χ0v) is 14.5. The normalized spacial score (nSPS) is 19.8. The first-order valence-corrected chi connectivity index (χ1v) is 8.71. The summed E-state index contributed by atoms with van der Waals surface area (Å²) in [6, 6.07) is -1.41. The molecule has 7 N–H and O–H groups in total. The Kier molecular flexibility index (Phi) is 8.53. The molecule has 0 aromatic heterocycles. The third-order valence-corrected chi connectivity index (χ3v) is 4.52. The number of carboxylic acid groups (broad SMARTS) is 1. The van der Waals surface area contributed by atoms with Crippen molar-refractivity contribution in [3.05, 3.63) is 0 Å². The average Bonchev–Trinajstić information content (AvgIpc) is 3.00. The molecule has 138 valence electrons. The maximum Gasteiger partial charge on any atom is 0.326 e. The highest BCUT2D eigenvalue weighted by Crippen LogP contribution is 2.22. The van der Waals surface area contributed by atoms with Gasteiger partial charge < -0.3 is 27.2 Å². The number of carboxylic acids is 1. The third-order valence-electron chi connectivity index (χ3n) is 4.52. The number of aliphatic carboxylic acids is 1. The second-order valence-corrected chi connectivity index (χ2v) is 6.47. The molecule has 0 saturated carbocycles. The van der Waals surface area contributed by atoms with Crippen molar-refractivity contribution in [2.45, 2.75) is 64.0 Å². The Balaban J connectivity index is 2.61. The molecule has 1 unspecified atom stereocenters. The number of rotatable bonds is 10. The minimum absolute atomic E-state index is 0.0611. The number of likely N-dealkylation sites (tertiary alicyclic amines) is 1. The van der Waals surface area contributed by atoms with Gasteiger partial charge >= 0.3 is 5.97 Å². The van der Waals surface area contributed by atoms with E-state index in [2.05, 4.69) is 11.9 Å². The number of hydrogen-bond acceptors (Lipinski definition) is 4. The van der Waals surface area contributed by atoms with Crippen molar-refractivity contribution in [2.24, 2.45) is 28.1 Å². The van der Waals surface area contributed by atoms with Crippen LogP contribution in [0.4, 0.5) is 0 Å². The van der Waals surface area contributed by atoms with Crippen LogP contribution in [0.2, 0.25) is 0 Å². The zero-order chi connectivity index (χ0) is 18.1. The van der Waals surface area contributed by atoms with Gasteiger partial charge in [0.25, 0.3) is 0 Å². The highest BCUT2D eigenvalue weighted by molar-refractivity contribution is 5.87. The Hall–Kier alpha value is -1.83. The van der Waals surface area contributed by atoms with Crippen LogP contribution >= 0.6 is 0 Å². The first-order valence-electron chi connectivity index (χ1n) is 8.71. The fourth-order valence-corrected chi connectivity index (χ4v) is 3.21. The molecule has 3 atom stereocenters. The Labute approximate surface area is 143 Å². The summed E-state index contributed by atoms with van der Waals surface area (Å²) in [6.45, 7) is 3.09. The molecule has 0 radical (unpaired) electrons. The van der Waals surface area contributed by atoms with Gasteiger partial charge in [-0.2, -0.15) is 0 Å². The average molecular weight is 341 g/mol. The summed E-state index contributed by atoms with van der Waals surface area (Å²) in [5.41, 5.74) is 16.8. The molecule has 0 aromatic carbocycles. The van der Waals surface area contributed by atoms with Crippen LogP contribution in [0.25, 0.3) is 0 Å². The van der Waals surface area contributed by atoms with Crippen LogP contribution in [-0.4, -0.2) is 53.0 Å². The van der Waals surface area contributed by atoms with Gasteiger partial charge in [-0.1, -0.05) is 26.2 Å². The van der Waals surface area contributed by atoms with Gasteiger partial charge in [-0.3, -0.25) is 9.79 Å².